The van der Waals surface area contributed by atoms with Gasteiger partial charge >= 0.3 is 5.97 Å². The maximum Gasteiger partial charge on any atom is 0.339 e. The van der Waals surface area contributed by atoms with Crippen molar-refractivity contribution in [1.82, 2.24) is 9.88 Å². The fourth-order valence-electron chi connectivity index (χ4n) is 2.79. The summed E-state index contributed by atoms with van der Waals surface area (Å²) >= 11 is 0. The summed E-state index contributed by atoms with van der Waals surface area (Å²) in [6.45, 7) is 4.76. The molecule has 0 spiro atoms. The van der Waals surface area contributed by atoms with Crippen LogP contribution in [0.4, 0.5) is 5.82 Å². The Morgan fingerprint density at radius 1 is 1.40 bits per heavy atom. The summed E-state index contributed by atoms with van der Waals surface area (Å²) in [6.07, 6.45) is 2.18. The van der Waals surface area contributed by atoms with Gasteiger partial charge in [0.1, 0.15) is 11.4 Å². The molecule has 0 amide bonds. The molecular formula is C15H23N3O2. The fraction of sp³-hybridized carbons (Fsp3) is 0.600. The van der Waals surface area contributed by atoms with E-state index in [9.17, 15) is 9.90 Å². The maximum atomic E-state index is 11.3. The zero-order chi connectivity index (χ0) is 14.7. The van der Waals surface area contributed by atoms with Gasteiger partial charge in [-0.15, -0.1) is 0 Å². The van der Waals surface area contributed by atoms with Gasteiger partial charge in [0.05, 0.1) is 0 Å². The summed E-state index contributed by atoms with van der Waals surface area (Å²) in [6, 6.07) is 3.41. The molecule has 2 heterocycles. The van der Waals surface area contributed by atoms with Crippen LogP contribution in [0.25, 0.3) is 0 Å². The van der Waals surface area contributed by atoms with E-state index in [2.05, 4.69) is 28.9 Å². The number of hydrogen-bond donors (Lipinski definition) is 1. The van der Waals surface area contributed by atoms with Crippen molar-refractivity contribution < 1.29 is 9.90 Å². The first-order chi connectivity index (χ1) is 9.47. The molecule has 0 bridgehead atoms. The number of carboxylic acid groups (broad SMARTS) is 1. The Morgan fingerprint density at radius 3 is 2.60 bits per heavy atom. The minimum atomic E-state index is -0.900. The molecule has 0 aromatic carbocycles. The van der Waals surface area contributed by atoms with Crippen LogP contribution in [-0.4, -0.2) is 54.7 Å². The molecule has 0 aliphatic carbocycles. The first-order valence-electron chi connectivity index (χ1n) is 7.08. The molecule has 2 rings (SSSR count). The van der Waals surface area contributed by atoms with Crippen molar-refractivity contribution >= 4 is 11.8 Å². The van der Waals surface area contributed by atoms with Crippen molar-refractivity contribution in [3.8, 4) is 0 Å². The summed E-state index contributed by atoms with van der Waals surface area (Å²) in [4.78, 5) is 20.1. The number of aromatic carboxylic acids is 1. The number of aromatic nitrogens is 1. The second-order valence-corrected chi connectivity index (χ2v) is 5.82. The Kier molecular flexibility index (Phi) is 4.60. The lowest BCUT2D eigenvalue weighted by atomic mass is 9.96. The quantitative estimate of drug-likeness (QED) is 0.910. The van der Waals surface area contributed by atoms with Crippen LogP contribution in [0.5, 0.6) is 0 Å². The molecule has 0 atom stereocenters. The minimum absolute atomic E-state index is 0.307. The van der Waals surface area contributed by atoms with Gasteiger partial charge in [-0.1, -0.05) is 0 Å². The van der Waals surface area contributed by atoms with E-state index < -0.39 is 5.97 Å². The van der Waals surface area contributed by atoms with Crippen LogP contribution in [-0.2, 0) is 0 Å². The van der Waals surface area contributed by atoms with Crippen LogP contribution in [0.2, 0.25) is 0 Å². The van der Waals surface area contributed by atoms with Crippen molar-refractivity contribution in [2.45, 2.75) is 19.8 Å². The Balaban J connectivity index is 2.10. The van der Waals surface area contributed by atoms with Gasteiger partial charge in [-0.2, -0.15) is 0 Å². The van der Waals surface area contributed by atoms with E-state index in [-0.39, 0.29) is 0 Å². The van der Waals surface area contributed by atoms with Gasteiger partial charge in [-0.3, -0.25) is 0 Å². The second-order valence-electron chi connectivity index (χ2n) is 5.82. The third-order valence-corrected chi connectivity index (χ3v) is 3.78. The Morgan fingerprint density at radius 2 is 2.05 bits per heavy atom. The topological polar surface area (TPSA) is 56.7 Å². The largest absolute Gasteiger partial charge is 0.478 e. The van der Waals surface area contributed by atoms with Crippen molar-refractivity contribution in [1.29, 1.82) is 0 Å². The Hall–Kier alpha value is -1.62. The summed E-state index contributed by atoms with van der Waals surface area (Å²) in [5, 5.41) is 9.28. The summed E-state index contributed by atoms with van der Waals surface area (Å²) < 4.78 is 0. The number of carbonyl (C=O) groups is 1. The van der Waals surface area contributed by atoms with Crippen LogP contribution in [0.1, 0.15) is 28.9 Å². The highest BCUT2D eigenvalue weighted by Gasteiger charge is 2.24. The monoisotopic (exact) mass is 277 g/mol. The Labute approximate surface area is 120 Å². The number of rotatable bonds is 4. The van der Waals surface area contributed by atoms with E-state index in [4.69, 9.17) is 0 Å². The van der Waals surface area contributed by atoms with Gasteiger partial charge in [0.2, 0.25) is 0 Å². The molecule has 0 radical (unpaired) electrons. The molecule has 5 heteroatoms. The lowest BCUT2D eigenvalue weighted by Gasteiger charge is -2.34. The normalized spacial score (nSPS) is 16.7. The van der Waals surface area contributed by atoms with Gasteiger partial charge in [0, 0.05) is 25.3 Å². The predicted molar refractivity (Wildman–Crippen MR) is 79.4 cm³/mol. The van der Waals surface area contributed by atoms with Crippen LogP contribution in [0.15, 0.2) is 12.1 Å². The predicted octanol–water partition coefficient (Wildman–Crippen LogP) is 1.87. The van der Waals surface area contributed by atoms with Gasteiger partial charge in [-0.05, 0) is 51.9 Å². The number of anilines is 1. The van der Waals surface area contributed by atoms with Gasteiger partial charge in [-0.25, -0.2) is 9.78 Å². The smallest absolute Gasteiger partial charge is 0.339 e. The van der Waals surface area contributed by atoms with Crippen molar-refractivity contribution in [2.24, 2.45) is 5.92 Å². The van der Waals surface area contributed by atoms with E-state index in [1.807, 2.05) is 6.92 Å². The first-order valence-corrected chi connectivity index (χ1v) is 7.08. The molecule has 110 valence electrons. The van der Waals surface area contributed by atoms with Gasteiger partial charge in [0.25, 0.3) is 0 Å². The molecule has 0 saturated carbocycles. The van der Waals surface area contributed by atoms with E-state index in [0.29, 0.717) is 17.3 Å². The van der Waals surface area contributed by atoms with Gasteiger partial charge < -0.3 is 14.9 Å². The third-order valence-electron chi connectivity index (χ3n) is 3.78. The van der Waals surface area contributed by atoms with Crippen molar-refractivity contribution in [3.63, 3.8) is 0 Å². The van der Waals surface area contributed by atoms with E-state index >= 15 is 0 Å². The first kappa shape index (κ1) is 14.8. The molecule has 5 nitrogen and oxygen atoms in total. The zero-order valence-electron chi connectivity index (χ0n) is 12.5. The fourth-order valence-corrected chi connectivity index (χ4v) is 2.79. The number of nitrogens with zero attached hydrogens (tertiary/aromatic N) is 3. The highest BCUT2D eigenvalue weighted by atomic mass is 16.4. The molecule has 1 aromatic heterocycles. The highest BCUT2D eigenvalue weighted by Crippen LogP contribution is 2.25. The number of piperidine rings is 1. The van der Waals surface area contributed by atoms with E-state index in [0.717, 1.165) is 38.2 Å². The summed E-state index contributed by atoms with van der Waals surface area (Å²) in [5.74, 6) is 0.419. The summed E-state index contributed by atoms with van der Waals surface area (Å²) in [5.41, 5.74) is 1.17. The molecule has 1 aliphatic heterocycles. The lowest BCUT2D eigenvalue weighted by Crippen LogP contribution is -2.38. The number of pyridine rings is 1. The third kappa shape index (κ3) is 3.48. The number of aryl methyl sites for hydroxylation is 1. The van der Waals surface area contributed by atoms with Crippen LogP contribution in [0.3, 0.4) is 0 Å². The van der Waals surface area contributed by atoms with Crippen LogP contribution in [0, 0.1) is 12.8 Å². The standard InChI is InChI=1S/C15H23N3O2/c1-11-4-5-13(15(19)20)14(16-11)18-8-6-12(7-9-18)10-17(2)3/h4-5,12H,6-10H2,1-3H3,(H,19,20). The SMILES string of the molecule is Cc1ccc(C(=O)O)c(N2CCC(CN(C)C)CC2)n1. The molecule has 0 unspecified atom stereocenters. The molecular weight excluding hydrogens is 254 g/mol. The molecule has 1 fully saturated rings. The van der Waals surface area contributed by atoms with Crippen molar-refractivity contribution in [3.05, 3.63) is 23.4 Å². The van der Waals surface area contributed by atoms with E-state index in [1.54, 1.807) is 12.1 Å². The molecule has 20 heavy (non-hydrogen) atoms. The average molecular weight is 277 g/mol. The van der Waals surface area contributed by atoms with Crippen LogP contribution >= 0.6 is 0 Å². The van der Waals surface area contributed by atoms with E-state index in [1.165, 1.54) is 0 Å². The van der Waals surface area contributed by atoms with Crippen molar-refractivity contribution in [2.75, 3.05) is 38.6 Å². The second kappa shape index (κ2) is 6.22. The highest BCUT2D eigenvalue weighted by molar-refractivity contribution is 5.93. The maximum absolute atomic E-state index is 11.3. The number of hydrogen-bond acceptors (Lipinski definition) is 4. The molecule has 1 N–H and O–H groups in total. The Bertz CT molecular complexity index is 480. The number of carboxylic acids is 1. The van der Waals surface area contributed by atoms with Gasteiger partial charge in [0.15, 0.2) is 0 Å². The molecule has 1 saturated heterocycles. The average Bonchev–Trinajstić information content (AvgIpc) is 2.38. The molecule has 1 aliphatic rings. The molecule has 1 aromatic rings. The summed E-state index contributed by atoms with van der Waals surface area (Å²) in [7, 11) is 4.19. The lowest BCUT2D eigenvalue weighted by molar-refractivity contribution is 0.0697. The minimum Gasteiger partial charge on any atom is -0.478 e. The zero-order valence-corrected chi connectivity index (χ0v) is 12.5. The van der Waals surface area contributed by atoms with Crippen LogP contribution < -0.4 is 4.90 Å².